The van der Waals surface area contributed by atoms with Crippen molar-refractivity contribution in [3.8, 4) is 44.7 Å². The second kappa shape index (κ2) is 13.4. The second-order valence-electron chi connectivity index (χ2n) is 13.8. The lowest BCUT2D eigenvalue weighted by molar-refractivity contribution is 0.631. The normalized spacial score (nSPS) is 11.3. The molecule has 0 saturated carbocycles. The number of para-hydroxylation sites is 1. The Morgan fingerprint density at radius 2 is 0.815 bits per heavy atom. The minimum atomic E-state index is 0.853. The van der Waals surface area contributed by atoms with Gasteiger partial charge in [0.05, 0.1) is 0 Å². The Bertz CT molecular complexity index is 2870. The van der Waals surface area contributed by atoms with E-state index in [0.29, 0.717) is 0 Å². The van der Waals surface area contributed by atoms with Gasteiger partial charge in [-0.3, -0.25) is 0 Å². The van der Waals surface area contributed by atoms with E-state index in [2.05, 4.69) is 199 Å². The van der Waals surface area contributed by atoms with E-state index in [1.54, 1.807) is 0 Å². The van der Waals surface area contributed by atoms with Gasteiger partial charge in [-0.15, -0.1) is 0 Å². The standard InChI is InChI=1S/C52H35NO/c1-2-11-36(12-3-1)37-21-23-38(24-22-37)39-25-29-44(30-26-39)53(46-16-10-15-42(33-46)52-35-43-14-5-9-20-51(43)54-52)45-31-27-40(28-32-45)50-34-41-13-4-6-17-47(41)48-18-7-8-19-49(48)50/h1-35H. The molecule has 0 aliphatic carbocycles. The number of hydrogen-bond acceptors (Lipinski definition) is 2. The van der Waals surface area contributed by atoms with Gasteiger partial charge in [-0.2, -0.15) is 0 Å². The van der Waals surface area contributed by atoms with E-state index in [4.69, 9.17) is 4.42 Å². The van der Waals surface area contributed by atoms with E-state index in [-0.39, 0.29) is 0 Å². The molecule has 2 heteroatoms. The van der Waals surface area contributed by atoms with Gasteiger partial charge in [0.2, 0.25) is 0 Å². The minimum absolute atomic E-state index is 0.853. The SMILES string of the molecule is c1ccc(-c2ccc(-c3ccc(N(c4ccc(-c5cc6ccccc6c6ccccc56)cc4)c4cccc(-c5cc6ccccc6o5)c4)cc3)cc2)cc1. The van der Waals surface area contributed by atoms with Crippen molar-refractivity contribution in [3.63, 3.8) is 0 Å². The van der Waals surface area contributed by atoms with Crippen LogP contribution in [0.1, 0.15) is 0 Å². The van der Waals surface area contributed by atoms with Crippen LogP contribution in [-0.4, -0.2) is 0 Å². The van der Waals surface area contributed by atoms with E-state index in [1.807, 2.05) is 18.2 Å². The molecule has 0 radical (unpaired) electrons. The van der Waals surface area contributed by atoms with Gasteiger partial charge in [-0.25, -0.2) is 0 Å². The van der Waals surface area contributed by atoms with Gasteiger partial charge in [0, 0.05) is 28.0 Å². The Morgan fingerprint density at radius 3 is 1.50 bits per heavy atom. The number of anilines is 3. The summed E-state index contributed by atoms with van der Waals surface area (Å²) < 4.78 is 6.31. The first-order valence-electron chi connectivity index (χ1n) is 18.4. The molecule has 0 spiro atoms. The van der Waals surface area contributed by atoms with Gasteiger partial charge in [0.15, 0.2) is 0 Å². The molecule has 10 rings (SSSR count). The molecule has 0 aliphatic rings. The maximum Gasteiger partial charge on any atom is 0.135 e. The van der Waals surface area contributed by atoms with Crippen LogP contribution in [0.3, 0.4) is 0 Å². The largest absolute Gasteiger partial charge is 0.456 e. The molecule has 54 heavy (non-hydrogen) atoms. The third-order valence-corrected chi connectivity index (χ3v) is 10.5. The molecule has 0 aliphatic heterocycles. The Morgan fingerprint density at radius 1 is 0.296 bits per heavy atom. The summed E-state index contributed by atoms with van der Waals surface area (Å²) in [5.41, 5.74) is 12.3. The summed E-state index contributed by atoms with van der Waals surface area (Å²) in [4.78, 5) is 2.33. The number of benzene rings is 9. The highest BCUT2D eigenvalue weighted by Gasteiger charge is 2.16. The Balaban J connectivity index is 1.05. The van der Waals surface area contributed by atoms with Gasteiger partial charge in [0.1, 0.15) is 11.3 Å². The van der Waals surface area contributed by atoms with Crippen LogP contribution < -0.4 is 4.90 Å². The molecule has 0 bridgehead atoms. The molecular formula is C52H35NO. The zero-order chi connectivity index (χ0) is 35.8. The lowest BCUT2D eigenvalue weighted by Crippen LogP contribution is -2.10. The summed E-state index contributed by atoms with van der Waals surface area (Å²) in [7, 11) is 0. The molecule has 0 saturated heterocycles. The zero-order valence-electron chi connectivity index (χ0n) is 29.6. The summed E-state index contributed by atoms with van der Waals surface area (Å²) in [5, 5.41) is 6.15. The first kappa shape index (κ1) is 31.6. The van der Waals surface area contributed by atoms with E-state index in [0.717, 1.165) is 39.4 Å². The fraction of sp³-hybridized carbons (Fsp3) is 0. The number of fused-ring (bicyclic) bond motifs is 4. The first-order chi connectivity index (χ1) is 26.7. The van der Waals surface area contributed by atoms with Crippen molar-refractivity contribution in [2.45, 2.75) is 0 Å². The van der Waals surface area contributed by atoms with Crippen LogP contribution in [0.4, 0.5) is 17.1 Å². The number of rotatable bonds is 7. The molecule has 1 heterocycles. The van der Waals surface area contributed by atoms with Crippen molar-refractivity contribution in [1.29, 1.82) is 0 Å². The summed E-state index contributed by atoms with van der Waals surface area (Å²) in [6.07, 6.45) is 0. The quantitative estimate of drug-likeness (QED) is 0.155. The first-order valence-corrected chi connectivity index (χ1v) is 18.4. The summed E-state index contributed by atoms with van der Waals surface area (Å²) >= 11 is 0. The highest BCUT2D eigenvalue weighted by Crippen LogP contribution is 2.41. The fourth-order valence-corrected chi connectivity index (χ4v) is 7.74. The maximum atomic E-state index is 6.31. The van der Waals surface area contributed by atoms with Crippen LogP contribution in [-0.2, 0) is 0 Å². The maximum absolute atomic E-state index is 6.31. The molecule has 254 valence electrons. The fourth-order valence-electron chi connectivity index (χ4n) is 7.74. The number of nitrogens with zero attached hydrogens (tertiary/aromatic N) is 1. The van der Waals surface area contributed by atoms with E-state index < -0.39 is 0 Å². The highest BCUT2D eigenvalue weighted by molar-refractivity contribution is 6.13. The minimum Gasteiger partial charge on any atom is -0.456 e. The molecule has 0 amide bonds. The van der Waals surface area contributed by atoms with E-state index in [9.17, 15) is 0 Å². The van der Waals surface area contributed by atoms with Crippen LogP contribution in [0.15, 0.2) is 217 Å². The summed E-state index contributed by atoms with van der Waals surface area (Å²) in [6.45, 7) is 0. The topological polar surface area (TPSA) is 16.4 Å². The van der Waals surface area contributed by atoms with E-state index >= 15 is 0 Å². The molecule has 0 atom stereocenters. The number of hydrogen-bond donors (Lipinski definition) is 0. The Kier molecular flexibility index (Phi) is 7.85. The molecular weight excluding hydrogens is 655 g/mol. The van der Waals surface area contributed by atoms with Crippen molar-refractivity contribution >= 4 is 49.6 Å². The van der Waals surface area contributed by atoms with Gasteiger partial charge in [-0.1, -0.05) is 158 Å². The predicted octanol–water partition coefficient (Wildman–Crippen LogP) is 14.9. The van der Waals surface area contributed by atoms with Crippen LogP contribution in [0.25, 0.3) is 77.2 Å². The average molecular weight is 690 g/mol. The highest BCUT2D eigenvalue weighted by atomic mass is 16.3. The van der Waals surface area contributed by atoms with Crippen molar-refractivity contribution in [2.24, 2.45) is 0 Å². The molecule has 10 aromatic rings. The lowest BCUT2D eigenvalue weighted by Gasteiger charge is -2.26. The van der Waals surface area contributed by atoms with E-state index in [1.165, 1.54) is 54.9 Å². The Labute approximate surface area is 314 Å². The van der Waals surface area contributed by atoms with Crippen LogP contribution >= 0.6 is 0 Å². The van der Waals surface area contributed by atoms with Gasteiger partial charge < -0.3 is 9.32 Å². The van der Waals surface area contributed by atoms with Crippen molar-refractivity contribution in [3.05, 3.63) is 212 Å². The Hall–Kier alpha value is -7.16. The van der Waals surface area contributed by atoms with Gasteiger partial charge in [0.25, 0.3) is 0 Å². The second-order valence-corrected chi connectivity index (χ2v) is 13.8. The third-order valence-electron chi connectivity index (χ3n) is 10.5. The third kappa shape index (κ3) is 5.81. The van der Waals surface area contributed by atoms with Crippen LogP contribution in [0.5, 0.6) is 0 Å². The monoisotopic (exact) mass is 689 g/mol. The molecule has 0 fully saturated rings. The summed E-state index contributed by atoms with van der Waals surface area (Å²) in [5.74, 6) is 0.853. The van der Waals surface area contributed by atoms with Crippen molar-refractivity contribution < 1.29 is 4.42 Å². The lowest BCUT2D eigenvalue weighted by atomic mass is 9.93. The average Bonchev–Trinajstić information content (AvgIpc) is 3.69. The summed E-state index contributed by atoms with van der Waals surface area (Å²) in [6, 6.07) is 75.9. The van der Waals surface area contributed by atoms with Gasteiger partial charge in [-0.05, 0) is 110 Å². The molecule has 1 aromatic heterocycles. The smallest absolute Gasteiger partial charge is 0.135 e. The number of furan rings is 1. The molecule has 2 nitrogen and oxygen atoms in total. The van der Waals surface area contributed by atoms with Crippen molar-refractivity contribution in [1.82, 2.24) is 0 Å². The van der Waals surface area contributed by atoms with Crippen LogP contribution in [0.2, 0.25) is 0 Å². The zero-order valence-corrected chi connectivity index (χ0v) is 29.6. The molecule has 0 N–H and O–H groups in total. The molecule has 0 unspecified atom stereocenters. The van der Waals surface area contributed by atoms with Gasteiger partial charge >= 0.3 is 0 Å². The predicted molar refractivity (Wildman–Crippen MR) is 228 cm³/mol. The van der Waals surface area contributed by atoms with Crippen LogP contribution in [0, 0.1) is 0 Å². The van der Waals surface area contributed by atoms with Crippen molar-refractivity contribution in [2.75, 3.05) is 4.90 Å². The molecule has 9 aromatic carbocycles.